The van der Waals surface area contributed by atoms with Crippen LogP contribution in [-0.2, 0) is 20.4 Å². The van der Waals surface area contributed by atoms with E-state index in [9.17, 15) is 13.8 Å². The van der Waals surface area contributed by atoms with Crippen LogP contribution in [0.5, 0.6) is 0 Å². The van der Waals surface area contributed by atoms with Crippen LogP contribution in [0.25, 0.3) is 0 Å². The lowest BCUT2D eigenvalue weighted by Crippen LogP contribution is -2.47. The number of nitrogens with two attached hydrogens (primary N) is 1. The second-order valence-corrected chi connectivity index (χ2v) is 8.44. The minimum Gasteiger partial charge on any atom is -0.368 e. The van der Waals surface area contributed by atoms with Gasteiger partial charge in [-0.2, -0.15) is 0 Å². The number of rotatable bonds is 9. The summed E-state index contributed by atoms with van der Waals surface area (Å²) >= 11 is 0. The Hall–Kier alpha value is -3.25. The smallest absolute Gasteiger partial charge is 0.240 e. The van der Waals surface area contributed by atoms with Gasteiger partial charge in [0, 0.05) is 10.6 Å². The first-order valence-corrected chi connectivity index (χ1v) is 11.0. The average molecular weight is 421 g/mol. The molecule has 0 aliphatic rings. The predicted octanol–water partition coefficient (Wildman–Crippen LogP) is 2.99. The van der Waals surface area contributed by atoms with E-state index in [2.05, 4.69) is 5.32 Å². The van der Waals surface area contributed by atoms with E-state index in [1.807, 2.05) is 78.9 Å². The summed E-state index contributed by atoms with van der Waals surface area (Å²) in [7, 11) is -1.28. The van der Waals surface area contributed by atoms with E-state index in [0.717, 1.165) is 11.1 Å². The van der Waals surface area contributed by atoms with E-state index in [1.54, 1.807) is 12.1 Å². The molecule has 0 spiro atoms. The summed E-state index contributed by atoms with van der Waals surface area (Å²) in [6.45, 7) is 0. The van der Waals surface area contributed by atoms with Crippen LogP contribution in [-0.4, -0.2) is 27.8 Å². The normalized spacial score (nSPS) is 12.8. The molecule has 3 rings (SSSR count). The zero-order valence-electron chi connectivity index (χ0n) is 16.4. The number of hydrogen-bond acceptors (Lipinski definition) is 3. The number of carbonyl (C=O) groups is 2. The van der Waals surface area contributed by atoms with E-state index < -0.39 is 28.7 Å². The van der Waals surface area contributed by atoms with Gasteiger partial charge in [0.1, 0.15) is 6.04 Å². The number of carbonyl (C=O) groups excluding carboxylic acids is 2. The van der Waals surface area contributed by atoms with Gasteiger partial charge in [-0.05, 0) is 29.7 Å². The summed E-state index contributed by atoms with van der Waals surface area (Å²) in [4.78, 5) is 25.8. The molecule has 0 radical (unpaired) electrons. The lowest BCUT2D eigenvalue weighted by molar-refractivity contribution is -0.127. The second kappa shape index (κ2) is 10.5. The molecule has 0 saturated carbocycles. The van der Waals surface area contributed by atoms with Crippen LogP contribution in [0.3, 0.4) is 0 Å². The van der Waals surface area contributed by atoms with Crippen molar-refractivity contribution < 1.29 is 13.8 Å². The molecule has 5 nitrogen and oxygen atoms in total. The van der Waals surface area contributed by atoms with Crippen LogP contribution in [0.1, 0.15) is 23.5 Å². The molecule has 0 aromatic heterocycles. The van der Waals surface area contributed by atoms with Crippen LogP contribution >= 0.6 is 0 Å². The third kappa shape index (κ3) is 5.64. The maximum absolute atomic E-state index is 13.2. The van der Waals surface area contributed by atoms with Crippen LogP contribution in [0.4, 0.5) is 0 Å². The molecule has 0 aliphatic heterocycles. The lowest BCUT2D eigenvalue weighted by atomic mass is 9.90. The van der Waals surface area contributed by atoms with Gasteiger partial charge in [0.25, 0.3) is 0 Å². The van der Waals surface area contributed by atoms with Crippen LogP contribution < -0.4 is 11.1 Å². The number of benzene rings is 3. The monoisotopic (exact) mass is 420 g/mol. The van der Waals surface area contributed by atoms with Gasteiger partial charge in [-0.3, -0.25) is 13.8 Å². The molecule has 2 atom stereocenters. The van der Waals surface area contributed by atoms with Crippen molar-refractivity contribution in [3.05, 3.63) is 102 Å². The van der Waals surface area contributed by atoms with Gasteiger partial charge in [0.15, 0.2) is 0 Å². The lowest BCUT2D eigenvalue weighted by Gasteiger charge is -2.21. The molecule has 3 N–H and O–H groups in total. The van der Waals surface area contributed by atoms with E-state index in [0.29, 0.717) is 4.90 Å². The van der Waals surface area contributed by atoms with Gasteiger partial charge in [0.2, 0.25) is 11.8 Å². The van der Waals surface area contributed by atoms with Crippen molar-refractivity contribution >= 4 is 22.6 Å². The molecule has 0 bridgehead atoms. The number of primary amides is 1. The summed E-state index contributed by atoms with van der Waals surface area (Å²) in [5, 5.41) is 2.77. The molecule has 0 unspecified atom stereocenters. The largest absolute Gasteiger partial charge is 0.368 e. The van der Waals surface area contributed by atoms with Gasteiger partial charge in [0.05, 0.1) is 16.7 Å². The van der Waals surface area contributed by atoms with E-state index in [1.165, 1.54) is 0 Å². The number of amides is 2. The third-order valence-corrected chi connectivity index (χ3v) is 6.19. The summed E-state index contributed by atoms with van der Waals surface area (Å²) < 4.78 is 12.5. The minimum atomic E-state index is -1.28. The Morgan fingerprint density at radius 1 is 0.800 bits per heavy atom. The molecule has 2 amide bonds. The van der Waals surface area contributed by atoms with Crippen LogP contribution in [0, 0.1) is 0 Å². The fourth-order valence-electron chi connectivity index (χ4n) is 3.24. The quantitative estimate of drug-likeness (QED) is 0.558. The highest BCUT2D eigenvalue weighted by atomic mass is 32.2. The molecule has 0 heterocycles. The first-order valence-electron chi connectivity index (χ1n) is 9.69. The highest BCUT2D eigenvalue weighted by molar-refractivity contribution is 7.85. The first kappa shape index (κ1) is 21.5. The third-order valence-electron chi connectivity index (χ3n) is 4.79. The Morgan fingerprint density at radius 3 is 1.73 bits per heavy atom. The Morgan fingerprint density at radius 2 is 1.27 bits per heavy atom. The van der Waals surface area contributed by atoms with Gasteiger partial charge >= 0.3 is 0 Å². The fourth-order valence-corrected chi connectivity index (χ4v) is 4.39. The molecular weight excluding hydrogens is 396 g/mol. The topological polar surface area (TPSA) is 89.3 Å². The molecule has 6 heteroatoms. The molecule has 0 saturated heterocycles. The van der Waals surface area contributed by atoms with E-state index in [-0.39, 0.29) is 18.1 Å². The van der Waals surface area contributed by atoms with Crippen molar-refractivity contribution in [2.24, 2.45) is 5.73 Å². The van der Waals surface area contributed by atoms with Crippen molar-refractivity contribution in [3.8, 4) is 0 Å². The minimum absolute atomic E-state index is 0.193. The molecule has 3 aromatic carbocycles. The molecule has 0 fully saturated rings. The Balaban J connectivity index is 1.75. The highest BCUT2D eigenvalue weighted by Gasteiger charge is 2.27. The Bertz CT molecular complexity index is 955. The summed E-state index contributed by atoms with van der Waals surface area (Å²) in [5.41, 5.74) is 7.17. The molecule has 154 valence electrons. The van der Waals surface area contributed by atoms with E-state index >= 15 is 0 Å². The van der Waals surface area contributed by atoms with Gasteiger partial charge in [-0.25, -0.2) is 0 Å². The summed E-state index contributed by atoms with van der Waals surface area (Å²) in [6, 6.07) is 26.9. The first-order chi connectivity index (χ1) is 14.6. The summed E-state index contributed by atoms with van der Waals surface area (Å²) in [5.74, 6) is -1.32. The maximum Gasteiger partial charge on any atom is 0.240 e. The van der Waals surface area contributed by atoms with Crippen LogP contribution in [0.15, 0.2) is 95.9 Å². The van der Waals surface area contributed by atoms with Crippen LogP contribution in [0.2, 0.25) is 0 Å². The SMILES string of the molecule is NC(=O)[C@H](CC[S@@](=O)c1ccccc1)NC(=O)C(c1ccccc1)c1ccccc1. The van der Waals surface area contributed by atoms with Gasteiger partial charge < -0.3 is 11.1 Å². The van der Waals surface area contributed by atoms with Gasteiger partial charge in [-0.15, -0.1) is 0 Å². The standard InChI is InChI=1S/C24H24N2O3S/c25-23(27)21(16-17-30(29)20-14-8-3-9-15-20)26-24(28)22(18-10-4-1-5-11-18)19-12-6-2-7-13-19/h1-15,21-22H,16-17H2,(H2,25,27)(H,26,28)/t21-,30+/m0/s1. The second-order valence-electron chi connectivity index (χ2n) is 6.87. The fraction of sp³-hybridized carbons (Fsp3) is 0.167. The number of nitrogens with one attached hydrogen (secondary N) is 1. The number of hydrogen-bond donors (Lipinski definition) is 2. The van der Waals surface area contributed by atoms with E-state index in [4.69, 9.17) is 5.73 Å². The Labute approximate surface area is 178 Å². The molecular formula is C24H24N2O3S. The molecule has 0 aliphatic carbocycles. The van der Waals surface area contributed by atoms with Crippen molar-refractivity contribution in [2.45, 2.75) is 23.3 Å². The predicted molar refractivity (Wildman–Crippen MR) is 118 cm³/mol. The maximum atomic E-state index is 13.2. The highest BCUT2D eigenvalue weighted by Crippen LogP contribution is 2.25. The zero-order chi connectivity index (χ0) is 21.3. The van der Waals surface area contributed by atoms with Gasteiger partial charge in [-0.1, -0.05) is 78.9 Å². The summed E-state index contributed by atoms with van der Waals surface area (Å²) in [6.07, 6.45) is 0.193. The average Bonchev–Trinajstić information content (AvgIpc) is 2.78. The van der Waals surface area contributed by atoms with Crippen molar-refractivity contribution in [3.63, 3.8) is 0 Å². The molecule has 30 heavy (non-hydrogen) atoms. The van der Waals surface area contributed by atoms with Crippen molar-refractivity contribution in [1.29, 1.82) is 0 Å². The van der Waals surface area contributed by atoms with Crippen molar-refractivity contribution in [1.82, 2.24) is 5.32 Å². The van der Waals surface area contributed by atoms with Crippen molar-refractivity contribution in [2.75, 3.05) is 5.75 Å². The Kier molecular flexibility index (Phi) is 7.51. The zero-order valence-corrected chi connectivity index (χ0v) is 17.3. The molecule has 3 aromatic rings.